The lowest BCUT2D eigenvalue weighted by Crippen LogP contribution is -2.28. The Balaban J connectivity index is 3.27. The number of nitrogens with zero attached hydrogens (tertiary/aromatic N) is 1. The molecule has 0 saturated carbocycles. The van der Waals surface area contributed by atoms with E-state index in [9.17, 15) is 9.59 Å². The zero-order valence-corrected chi connectivity index (χ0v) is 11.8. The van der Waals surface area contributed by atoms with Crippen molar-refractivity contribution in [2.45, 2.75) is 6.92 Å². The fourth-order valence-electron chi connectivity index (χ4n) is 1.68. The van der Waals surface area contributed by atoms with Crippen LogP contribution in [0.5, 0.6) is 0 Å². The Bertz CT molecular complexity index is 487. The highest BCUT2D eigenvalue weighted by atomic mass is 32.1. The van der Waals surface area contributed by atoms with Crippen LogP contribution in [0.3, 0.4) is 0 Å². The molecule has 0 aromatic carbocycles. The number of likely N-dealkylation sites (N-methyl/N-ethyl adjacent to an activating group) is 1. The maximum absolute atomic E-state index is 11.5. The summed E-state index contributed by atoms with van der Waals surface area (Å²) in [5.74, 6) is -1.34. The number of amides is 2. The van der Waals surface area contributed by atoms with E-state index in [2.05, 4.69) is 0 Å². The number of nitrogen functional groups attached to an aromatic ring is 1. The number of carbonyl (C=O) groups is 2. The van der Waals surface area contributed by atoms with Crippen molar-refractivity contribution in [3.63, 3.8) is 0 Å². The van der Waals surface area contributed by atoms with Gasteiger partial charge in [-0.1, -0.05) is 0 Å². The smallest absolute Gasteiger partial charge is 0.260 e. The lowest BCUT2D eigenvalue weighted by Gasteiger charge is -2.21. The quantitative estimate of drug-likeness (QED) is 0.650. The third-order valence-corrected chi connectivity index (χ3v) is 3.91. The highest BCUT2D eigenvalue weighted by Gasteiger charge is 2.25. The van der Waals surface area contributed by atoms with Crippen LogP contribution in [0.25, 0.3) is 0 Å². The van der Waals surface area contributed by atoms with Gasteiger partial charge >= 0.3 is 0 Å². The second-order valence-corrected chi connectivity index (χ2v) is 4.83. The van der Waals surface area contributed by atoms with Gasteiger partial charge in [-0.05, 0) is 6.92 Å². The van der Waals surface area contributed by atoms with Gasteiger partial charge in [-0.3, -0.25) is 9.59 Å². The average Bonchev–Trinajstić information content (AvgIpc) is 2.68. The van der Waals surface area contributed by atoms with Crippen molar-refractivity contribution in [1.82, 2.24) is 0 Å². The summed E-state index contributed by atoms with van der Waals surface area (Å²) in [6.07, 6.45) is 0. The molecule has 0 fully saturated rings. The third kappa shape index (κ3) is 3.15. The SMILES string of the molecule is CCN(CCOC)c1sc(C(N)=O)c(N)c1C(N)=O. The number of rotatable bonds is 7. The summed E-state index contributed by atoms with van der Waals surface area (Å²) in [5, 5.41) is 0.554. The van der Waals surface area contributed by atoms with Crippen LogP contribution in [0.1, 0.15) is 27.0 Å². The fourth-order valence-corrected chi connectivity index (χ4v) is 2.85. The van der Waals surface area contributed by atoms with Crippen molar-refractivity contribution in [2.75, 3.05) is 37.4 Å². The first kappa shape index (κ1) is 15.3. The Morgan fingerprint density at radius 2 is 1.95 bits per heavy atom. The Morgan fingerprint density at radius 3 is 2.37 bits per heavy atom. The molecule has 1 aromatic rings. The topological polar surface area (TPSA) is 125 Å². The highest BCUT2D eigenvalue weighted by molar-refractivity contribution is 7.19. The first-order chi connectivity index (χ1) is 8.93. The first-order valence-corrected chi connectivity index (χ1v) is 6.51. The van der Waals surface area contributed by atoms with Crippen LogP contribution in [-0.2, 0) is 4.74 Å². The van der Waals surface area contributed by atoms with Crippen LogP contribution >= 0.6 is 11.3 Å². The molecule has 0 bridgehead atoms. The predicted molar refractivity (Wildman–Crippen MR) is 75.5 cm³/mol. The standard InChI is InChI=1S/C11H18N4O3S/c1-3-15(4-5-18-2)11-6(9(13)16)7(12)8(19-11)10(14)17/h3-5,12H2,1-2H3,(H2,13,16)(H2,14,17). The molecular formula is C11H18N4O3S. The van der Waals surface area contributed by atoms with E-state index in [1.807, 2.05) is 11.8 Å². The van der Waals surface area contributed by atoms with E-state index in [1.54, 1.807) is 7.11 Å². The summed E-state index contributed by atoms with van der Waals surface area (Å²) in [6, 6.07) is 0. The molecule has 1 aromatic heterocycles. The second kappa shape index (κ2) is 6.39. The fraction of sp³-hybridized carbons (Fsp3) is 0.455. The molecule has 6 N–H and O–H groups in total. The van der Waals surface area contributed by atoms with E-state index in [4.69, 9.17) is 21.9 Å². The average molecular weight is 286 g/mol. The van der Waals surface area contributed by atoms with E-state index >= 15 is 0 Å². The van der Waals surface area contributed by atoms with Gasteiger partial charge in [-0.15, -0.1) is 11.3 Å². The molecule has 0 aliphatic heterocycles. The largest absolute Gasteiger partial charge is 0.397 e. The number of hydrogen-bond donors (Lipinski definition) is 3. The van der Waals surface area contributed by atoms with Crippen LogP contribution in [0, 0.1) is 0 Å². The lowest BCUT2D eigenvalue weighted by atomic mass is 10.2. The molecule has 0 saturated heterocycles. The molecule has 0 unspecified atom stereocenters. The molecule has 1 heterocycles. The number of nitrogens with two attached hydrogens (primary N) is 3. The van der Waals surface area contributed by atoms with Crippen LogP contribution in [0.15, 0.2) is 0 Å². The lowest BCUT2D eigenvalue weighted by molar-refractivity contribution is 0.0999. The van der Waals surface area contributed by atoms with Gasteiger partial charge in [0.05, 0.1) is 17.9 Å². The van der Waals surface area contributed by atoms with Crippen LogP contribution in [0.4, 0.5) is 10.7 Å². The second-order valence-electron chi connectivity index (χ2n) is 3.83. The van der Waals surface area contributed by atoms with Crippen molar-refractivity contribution >= 4 is 33.8 Å². The molecule has 0 aliphatic rings. The van der Waals surface area contributed by atoms with Crippen molar-refractivity contribution < 1.29 is 14.3 Å². The van der Waals surface area contributed by atoms with Crippen molar-refractivity contribution in [3.8, 4) is 0 Å². The summed E-state index contributed by atoms with van der Waals surface area (Å²) < 4.78 is 5.00. The number of ether oxygens (including phenoxy) is 1. The molecule has 106 valence electrons. The Labute approximate surface area is 115 Å². The van der Waals surface area contributed by atoms with Crippen LogP contribution in [-0.4, -0.2) is 38.6 Å². The predicted octanol–water partition coefficient (Wildman–Crippen LogP) is 0.000800. The molecule has 1 rings (SSSR count). The Morgan fingerprint density at radius 1 is 1.32 bits per heavy atom. The van der Waals surface area contributed by atoms with E-state index in [1.165, 1.54) is 0 Å². The van der Waals surface area contributed by atoms with E-state index in [0.717, 1.165) is 11.3 Å². The summed E-state index contributed by atoms with van der Waals surface area (Å²) in [4.78, 5) is 24.8. The zero-order valence-electron chi connectivity index (χ0n) is 10.9. The number of primary amides is 2. The zero-order chi connectivity index (χ0) is 14.6. The minimum absolute atomic E-state index is 0.0517. The molecule has 0 aliphatic carbocycles. The van der Waals surface area contributed by atoms with Gasteiger partial charge in [0, 0.05) is 20.2 Å². The minimum atomic E-state index is -0.674. The van der Waals surface area contributed by atoms with E-state index in [-0.39, 0.29) is 16.1 Å². The van der Waals surface area contributed by atoms with E-state index in [0.29, 0.717) is 24.7 Å². The molecule has 2 amide bonds. The molecule has 8 heteroatoms. The number of methoxy groups -OCH3 is 1. The van der Waals surface area contributed by atoms with Gasteiger partial charge < -0.3 is 26.8 Å². The molecule has 0 spiro atoms. The molecule has 0 radical (unpaired) electrons. The maximum Gasteiger partial charge on any atom is 0.260 e. The first-order valence-electron chi connectivity index (χ1n) is 5.69. The van der Waals surface area contributed by atoms with E-state index < -0.39 is 11.8 Å². The van der Waals surface area contributed by atoms with Crippen molar-refractivity contribution in [3.05, 3.63) is 10.4 Å². The van der Waals surface area contributed by atoms with Crippen molar-refractivity contribution in [1.29, 1.82) is 0 Å². The Hall–Kier alpha value is -1.80. The number of carbonyl (C=O) groups excluding carboxylic acids is 2. The van der Waals surface area contributed by atoms with Gasteiger partial charge in [0.2, 0.25) is 0 Å². The maximum atomic E-state index is 11.5. The summed E-state index contributed by atoms with van der Waals surface area (Å²) >= 11 is 1.08. The number of thiophene rings is 1. The van der Waals surface area contributed by atoms with Gasteiger partial charge in [-0.2, -0.15) is 0 Å². The number of hydrogen-bond acceptors (Lipinski definition) is 6. The highest BCUT2D eigenvalue weighted by Crippen LogP contribution is 2.37. The van der Waals surface area contributed by atoms with Crippen LogP contribution in [0.2, 0.25) is 0 Å². The van der Waals surface area contributed by atoms with Gasteiger partial charge in [-0.25, -0.2) is 0 Å². The van der Waals surface area contributed by atoms with Gasteiger partial charge in [0.15, 0.2) is 0 Å². The monoisotopic (exact) mass is 286 g/mol. The van der Waals surface area contributed by atoms with Gasteiger partial charge in [0.25, 0.3) is 11.8 Å². The third-order valence-electron chi connectivity index (χ3n) is 2.63. The van der Waals surface area contributed by atoms with Gasteiger partial charge in [0.1, 0.15) is 9.88 Å². The molecule has 19 heavy (non-hydrogen) atoms. The minimum Gasteiger partial charge on any atom is -0.397 e. The van der Waals surface area contributed by atoms with Crippen molar-refractivity contribution in [2.24, 2.45) is 11.5 Å². The summed E-state index contributed by atoms with van der Waals surface area (Å²) in [5.41, 5.74) is 16.5. The normalized spacial score (nSPS) is 10.4. The molecule has 0 atom stereocenters. The summed E-state index contributed by atoms with van der Waals surface area (Å²) in [6.45, 7) is 3.59. The number of anilines is 2. The molecular weight excluding hydrogens is 268 g/mol. The van der Waals surface area contributed by atoms with Crippen LogP contribution < -0.4 is 22.1 Å². The Kier molecular flexibility index (Phi) is 5.13. The molecule has 7 nitrogen and oxygen atoms in total. The summed E-state index contributed by atoms with van der Waals surface area (Å²) in [7, 11) is 1.58.